The quantitative estimate of drug-likeness (QED) is 0.253. The van der Waals surface area contributed by atoms with Crippen LogP contribution in [-0.2, 0) is 9.53 Å². The van der Waals surface area contributed by atoms with Crippen molar-refractivity contribution in [3.63, 3.8) is 0 Å². The molecule has 0 radical (unpaired) electrons. The van der Waals surface area contributed by atoms with Crippen LogP contribution < -0.4 is 0 Å². The van der Waals surface area contributed by atoms with Crippen LogP contribution in [0.5, 0.6) is 0 Å². The van der Waals surface area contributed by atoms with Gasteiger partial charge in [-0.3, -0.25) is 0 Å². The van der Waals surface area contributed by atoms with Crippen molar-refractivity contribution < 1.29 is 35.1 Å². The predicted molar refractivity (Wildman–Crippen MR) is 47.3 cm³/mol. The third-order valence-corrected chi connectivity index (χ3v) is 1.69. The van der Waals surface area contributed by atoms with Gasteiger partial charge in [-0.25, -0.2) is 4.79 Å². The largest absolute Gasteiger partial charge is 0.404 e. The summed E-state index contributed by atoms with van der Waals surface area (Å²) in [6, 6.07) is 0. The lowest BCUT2D eigenvalue weighted by Crippen LogP contribution is -2.48. The summed E-state index contributed by atoms with van der Waals surface area (Å²) in [6.07, 6.45) is -3.07. The van der Waals surface area contributed by atoms with Gasteiger partial charge in [0.05, 0.1) is 6.61 Å². The van der Waals surface area contributed by atoms with Gasteiger partial charge in [0.15, 0.2) is 6.10 Å². The molecule has 5 N–H and O–H groups in total. The minimum atomic E-state index is -3.05. The summed E-state index contributed by atoms with van der Waals surface area (Å²) < 4.78 is 4.02. The number of ether oxygens (including phenoxy) is 1. The van der Waals surface area contributed by atoms with Crippen LogP contribution in [0, 0.1) is 0 Å². The van der Waals surface area contributed by atoms with Crippen LogP contribution in [-0.4, -0.2) is 56.3 Å². The Morgan fingerprint density at radius 2 is 1.93 bits per heavy atom. The number of esters is 1. The maximum Gasteiger partial charge on any atom is 0.351 e. The summed E-state index contributed by atoms with van der Waals surface area (Å²) in [4.78, 5) is 10.8. The van der Waals surface area contributed by atoms with E-state index in [2.05, 4.69) is 4.74 Å². The van der Waals surface area contributed by atoms with E-state index in [4.69, 9.17) is 25.5 Å². The first-order valence-electron chi connectivity index (χ1n) is 4.49. The summed E-state index contributed by atoms with van der Waals surface area (Å²) in [5, 5.41) is 44.5. The summed E-state index contributed by atoms with van der Waals surface area (Å²) in [5.41, 5.74) is 0. The highest BCUT2D eigenvalue weighted by atomic mass is 16.8. The second-order valence-corrected chi connectivity index (χ2v) is 3.08. The average Bonchev–Trinajstić information content (AvgIpc) is 2.16. The Labute approximate surface area is 86.5 Å². The van der Waals surface area contributed by atoms with Crippen LogP contribution in [0.3, 0.4) is 0 Å². The number of hydrogen-bond acceptors (Lipinski definition) is 7. The SMILES string of the molecule is CCCC(O)C(O)(O)OC(=O)C(O)CO. The highest BCUT2D eigenvalue weighted by molar-refractivity contribution is 5.74. The van der Waals surface area contributed by atoms with Crippen LogP contribution in [0.25, 0.3) is 0 Å². The van der Waals surface area contributed by atoms with Crippen molar-refractivity contribution in [1.82, 2.24) is 0 Å². The predicted octanol–water partition coefficient (Wildman–Crippen LogP) is -2.32. The number of aliphatic hydroxyl groups excluding tert-OH is 3. The van der Waals surface area contributed by atoms with E-state index >= 15 is 0 Å². The molecule has 0 saturated carbocycles. The maximum absolute atomic E-state index is 10.8. The van der Waals surface area contributed by atoms with Crippen LogP contribution in [0.1, 0.15) is 19.8 Å². The lowest BCUT2D eigenvalue weighted by molar-refractivity contribution is -0.361. The molecule has 0 saturated heterocycles. The van der Waals surface area contributed by atoms with Crippen LogP contribution >= 0.6 is 0 Å². The lowest BCUT2D eigenvalue weighted by atomic mass is 10.2. The van der Waals surface area contributed by atoms with Crippen LogP contribution in [0.15, 0.2) is 0 Å². The van der Waals surface area contributed by atoms with Gasteiger partial charge in [0.2, 0.25) is 0 Å². The Bertz CT molecular complexity index is 203. The van der Waals surface area contributed by atoms with Gasteiger partial charge in [0.1, 0.15) is 6.10 Å². The van der Waals surface area contributed by atoms with E-state index in [1.165, 1.54) is 0 Å². The molecule has 0 spiro atoms. The van der Waals surface area contributed by atoms with Gasteiger partial charge in [-0.2, -0.15) is 0 Å². The average molecular weight is 224 g/mol. The normalized spacial score (nSPS) is 15.9. The van der Waals surface area contributed by atoms with Crippen molar-refractivity contribution in [3.8, 4) is 0 Å². The summed E-state index contributed by atoms with van der Waals surface area (Å²) >= 11 is 0. The number of carbonyl (C=O) groups is 1. The third-order valence-electron chi connectivity index (χ3n) is 1.69. The Morgan fingerprint density at radius 1 is 1.40 bits per heavy atom. The molecule has 0 aliphatic carbocycles. The fourth-order valence-corrected chi connectivity index (χ4v) is 0.820. The standard InChI is InChI=1S/C8H16O7/c1-2-3-6(11)8(13,14)15-7(12)5(10)4-9/h5-6,9-11,13-14H,2-4H2,1H3. The van der Waals surface area contributed by atoms with E-state index in [9.17, 15) is 4.79 Å². The van der Waals surface area contributed by atoms with E-state index in [-0.39, 0.29) is 6.42 Å². The first-order chi connectivity index (χ1) is 6.85. The van der Waals surface area contributed by atoms with Crippen molar-refractivity contribution in [2.45, 2.75) is 37.9 Å². The molecule has 7 nitrogen and oxygen atoms in total. The molecule has 0 aliphatic rings. The highest BCUT2D eigenvalue weighted by Gasteiger charge is 2.38. The number of rotatable bonds is 6. The zero-order valence-corrected chi connectivity index (χ0v) is 8.33. The third kappa shape index (κ3) is 4.54. The molecule has 0 bridgehead atoms. The molecule has 0 heterocycles. The fourth-order valence-electron chi connectivity index (χ4n) is 0.820. The maximum atomic E-state index is 10.8. The zero-order chi connectivity index (χ0) is 12.1. The molecule has 0 rings (SSSR count). The van der Waals surface area contributed by atoms with Gasteiger partial charge >= 0.3 is 11.9 Å². The van der Waals surface area contributed by atoms with E-state index in [1.54, 1.807) is 6.92 Å². The van der Waals surface area contributed by atoms with Gasteiger partial charge in [-0.1, -0.05) is 13.3 Å². The molecule has 2 atom stereocenters. The van der Waals surface area contributed by atoms with Gasteiger partial charge in [-0.05, 0) is 6.42 Å². The molecule has 90 valence electrons. The first kappa shape index (κ1) is 14.3. The second-order valence-electron chi connectivity index (χ2n) is 3.08. The van der Waals surface area contributed by atoms with Crippen LogP contribution in [0.4, 0.5) is 0 Å². The Hall–Kier alpha value is -0.730. The Morgan fingerprint density at radius 3 is 2.33 bits per heavy atom. The van der Waals surface area contributed by atoms with Gasteiger partial charge < -0.3 is 30.3 Å². The molecule has 7 heteroatoms. The van der Waals surface area contributed by atoms with Gasteiger partial charge in [-0.15, -0.1) is 0 Å². The highest BCUT2D eigenvalue weighted by Crippen LogP contribution is 2.14. The molecular formula is C8H16O7. The second kappa shape index (κ2) is 5.99. The number of hydrogen-bond donors (Lipinski definition) is 5. The molecule has 0 aliphatic heterocycles. The monoisotopic (exact) mass is 224 g/mol. The van der Waals surface area contributed by atoms with Crippen molar-refractivity contribution in [2.24, 2.45) is 0 Å². The zero-order valence-electron chi connectivity index (χ0n) is 8.33. The smallest absolute Gasteiger partial charge is 0.351 e. The Kier molecular flexibility index (Phi) is 5.69. The molecule has 0 aromatic carbocycles. The molecule has 0 amide bonds. The van der Waals surface area contributed by atoms with Crippen molar-refractivity contribution in [3.05, 3.63) is 0 Å². The summed E-state index contributed by atoms with van der Waals surface area (Å²) in [7, 11) is 0. The van der Waals surface area contributed by atoms with E-state index < -0.39 is 30.8 Å². The minimum Gasteiger partial charge on any atom is -0.404 e. The van der Waals surface area contributed by atoms with E-state index in [0.717, 1.165) is 0 Å². The lowest BCUT2D eigenvalue weighted by Gasteiger charge is -2.26. The molecule has 15 heavy (non-hydrogen) atoms. The fraction of sp³-hybridized carbons (Fsp3) is 0.875. The molecular weight excluding hydrogens is 208 g/mol. The molecule has 0 aromatic heterocycles. The minimum absolute atomic E-state index is 0.00942. The van der Waals surface area contributed by atoms with E-state index in [1.807, 2.05) is 0 Å². The van der Waals surface area contributed by atoms with Crippen molar-refractivity contribution in [1.29, 1.82) is 0 Å². The van der Waals surface area contributed by atoms with Crippen molar-refractivity contribution >= 4 is 5.97 Å². The van der Waals surface area contributed by atoms with Gasteiger partial charge in [0, 0.05) is 0 Å². The van der Waals surface area contributed by atoms with Crippen LogP contribution in [0.2, 0.25) is 0 Å². The molecule has 2 unspecified atom stereocenters. The van der Waals surface area contributed by atoms with Gasteiger partial charge in [0.25, 0.3) is 0 Å². The summed E-state index contributed by atoms with van der Waals surface area (Å²) in [6.45, 7) is 0.780. The molecule has 0 aromatic rings. The first-order valence-corrected chi connectivity index (χ1v) is 4.49. The van der Waals surface area contributed by atoms with Crippen molar-refractivity contribution in [2.75, 3.05) is 6.61 Å². The topological polar surface area (TPSA) is 127 Å². The summed E-state index contributed by atoms with van der Waals surface area (Å²) in [5.74, 6) is -4.47. The number of aliphatic hydroxyl groups is 5. The Balaban J connectivity index is 4.29. The molecule has 0 fully saturated rings. The van der Waals surface area contributed by atoms with E-state index in [0.29, 0.717) is 6.42 Å². The number of carbonyl (C=O) groups excluding carboxylic acids is 1.